The summed E-state index contributed by atoms with van der Waals surface area (Å²) in [6.45, 7) is 7.61. The van der Waals surface area contributed by atoms with Crippen LogP contribution in [0.25, 0.3) is 0 Å². The Balaban J connectivity index is 2.80. The molecule has 4 nitrogen and oxygen atoms in total. The summed E-state index contributed by atoms with van der Waals surface area (Å²) in [5.41, 5.74) is 1.17. The number of nitrogens with zero attached hydrogens (tertiary/aromatic N) is 2. The van der Waals surface area contributed by atoms with Gasteiger partial charge in [-0.1, -0.05) is 20.8 Å². The van der Waals surface area contributed by atoms with Crippen LogP contribution in [-0.4, -0.2) is 35.4 Å². The van der Waals surface area contributed by atoms with Gasteiger partial charge in [-0.05, 0) is 25.1 Å². The Hall–Kier alpha value is -0.680. The second-order valence-electron chi connectivity index (χ2n) is 5.09. The normalized spacial score (nSPS) is 12.9. The van der Waals surface area contributed by atoms with Crippen LogP contribution in [0.1, 0.15) is 38.9 Å². The minimum absolute atomic E-state index is 0.285. The third-order valence-electron chi connectivity index (χ3n) is 2.91. The number of thioether (sulfide) groups is 1. The Labute approximate surface area is 121 Å². The van der Waals surface area contributed by atoms with Crippen LogP contribution < -0.4 is 10.1 Å². The molecule has 0 saturated heterocycles. The first-order valence-corrected chi connectivity index (χ1v) is 8.14. The zero-order valence-electron chi connectivity index (χ0n) is 12.8. The first-order chi connectivity index (χ1) is 9.13. The van der Waals surface area contributed by atoms with Crippen molar-refractivity contribution >= 4 is 11.8 Å². The molecule has 0 fully saturated rings. The van der Waals surface area contributed by atoms with Crippen LogP contribution in [-0.2, 0) is 6.54 Å². The van der Waals surface area contributed by atoms with E-state index in [9.17, 15) is 0 Å². The highest BCUT2D eigenvalue weighted by Crippen LogP contribution is 2.28. The fourth-order valence-corrected chi connectivity index (χ4v) is 3.16. The zero-order chi connectivity index (χ0) is 14.3. The highest BCUT2D eigenvalue weighted by Gasteiger charge is 2.20. The van der Waals surface area contributed by atoms with Gasteiger partial charge in [-0.3, -0.25) is 4.68 Å². The fraction of sp³-hybridized carbons (Fsp3) is 0.786. The van der Waals surface area contributed by atoms with Crippen LogP contribution in [0.2, 0.25) is 0 Å². The lowest BCUT2D eigenvalue weighted by atomic mass is 10.2. The second-order valence-corrected chi connectivity index (χ2v) is 6.17. The quantitative estimate of drug-likeness (QED) is 0.757. The minimum atomic E-state index is 0.285. The van der Waals surface area contributed by atoms with E-state index in [4.69, 9.17) is 4.74 Å². The lowest BCUT2D eigenvalue weighted by Gasteiger charge is -2.19. The molecule has 0 aromatic carbocycles. The van der Waals surface area contributed by atoms with E-state index < -0.39 is 0 Å². The number of aromatic nitrogens is 2. The molecule has 1 unspecified atom stereocenters. The average Bonchev–Trinajstić information content (AvgIpc) is 2.78. The van der Waals surface area contributed by atoms with Gasteiger partial charge in [-0.25, -0.2) is 0 Å². The molecule has 1 atom stereocenters. The van der Waals surface area contributed by atoms with Crippen LogP contribution >= 0.6 is 11.8 Å². The van der Waals surface area contributed by atoms with E-state index in [1.807, 2.05) is 25.0 Å². The number of ether oxygens (including phenoxy) is 1. The molecule has 0 amide bonds. The van der Waals surface area contributed by atoms with E-state index in [-0.39, 0.29) is 6.04 Å². The van der Waals surface area contributed by atoms with E-state index in [1.165, 1.54) is 11.4 Å². The lowest BCUT2D eigenvalue weighted by molar-refractivity contribution is 0.398. The molecule has 0 aliphatic rings. The summed E-state index contributed by atoms with van der Waals surface area (Å²) in [6, 6.07) is 0.285. The van der Waals surface area contributed by atoms with Gasteiger partial charge in [-0.2, -0.15) is 16.9 Å². The summed E-state index contributed by atoms with van der Waals surface area (Å²) < 4.78 is 7.52. The fourth-order valence-electron chi connectivity index (χ4n) is 2.00. The standard InChI is InChI=1S/C14H27N3OS/c1-6-7-17-14(13(18-5)8-16-17)12(15-4)10-19-9-11(2)3/h8,11-12,15H,6-7,9-10H2,1-5H3. The molecule has 0 aliphatic heterocycles. The Bertz CT molecular complexity index is 366. The smallest absolute Gasteiger partial charge is 0.161 e. The number of hydrogen-bond acceptors (Lipinski definition) is 4. The van der Waals surface area contributed by atoms with E-state index in [0.29, 0.717) is 0 Å². The van der Waals surface area contributed by atoms with Gasteiger partial charge < -0.3 is 10.1 Å². The average molecular weight is 285 g/mol. The summed E-state index contributed by atoms with van der Waals surface area (Å²) in [5, 5.41) is 7.82. The van der Waals surface area contributed by atoms with Crippen molar-refractivity contribution in [3.8, 4) is 5.75 Å². The van der Waals surface area contributed by atoms with Crippen molar-refractivity contribution in [3.05, 3.63) is 11.9 Å². The Kier molecular flexibility index (Phi) is 7.31. The Morgan fingerprint density at radius 2 is 2.16 bits per heavy atom. The largest absolute Gasteiger partial charge is 0.493 e. The molecule has 1 aromatic heterocycles. The van der Waals surface area contributed by atoms with Gasteiger partial charge >= 0.3 is 0 Å². The van der Waals surface area contributed by atoms with E-state index in [0.717, 1.165) is 30.4 Å². The molecule has 110 valence electrons. The monoisotopic (exact) mass is 285 g/mol. The number of methoxy groups -OCH3 is 1. The topological polar surface area (TPSA) is 39.1 Å². The Morgan fingerprint density at radius 1 is 1.42 bits per heavy atom. The summed E-state index contributed by atoms with van der Waals surface area (Å²) >= 11 is 1.98. The molecule has 1 heterocycles. The van der Waals surface area contributed by atoms with Crippen LogP contribution in [0.15, 0.2) is 6.20 Å². The molecule has 1 rings (SSSR count). The van der Waals surface area contributed by atoms with Crippen molar-refractivity contribution in [2.24, 2.45) is 5.92 Å². The summed E-state index contributed by atoms with van der Waals surface area (Å²) in [7, 11) is 3.72. The van der Waals surface area contributed by atoms with E-state index in [2.05, 4.69) is 35.9 Å². The minimum Gasteiger partial charge on any atom is -0.493 e. The highest BCUT2D eigenvalue weighted by molar-refractivity contribution is 7.99. The maximum Gasteiger partial charge on any atom is 0.161 e. The predicted octanol–water partition coefficient (Wildman–Crippen LogP) is 2.95. The van der Waals surface area contributed by atoms with Gasteiger partial charge in [0.25, 0.3) is 0 Å². The molecule has 1 N–H and O–H groups in total. The molecule has 5 heteroatoms. The van der Waals surface area contributed by atoms with Gasteiger partial charge in [0, 0.05) is 12.3 Å². The maximum absolute atomic E-state index is 5.45. The number of aryl methyl sites for hydroxylation is 1. The van der Waals surface area contributed by atoms with Crippen LogP contribution in [0.5, 0.6) is 5.75 Å². The second kappa shape index (κ2) is 8.48. The van der Waals surface area contributed by atoms with E-state index in [1.54, 1.807) is 7.11 Å². The third-order valence-corrected chi connectivity index (χ3v) is 4.39. The molecule has 1 aromatic rings. The van der Waals surface area contributed by atoms with Crippen molar-refractivity contribution in [2.75, 3.05) is 25.7 Å². The first-order valence-electron chi connectivity index (χ1n) is 6.98. The SMILES string of the molecule is CCCn1ncc(OC)c1C(CSCC(C)C)NC. The van der Waals surface area contributed by atoms with Crippen LogP contribution in [0.3, 0.4) is 0 Å². The van der Waals surface area contributed by atoms with Gasteiger partial charge in [0.2, 0.25) is 0 Å². The summed E-state index contributed by atoms with van der Waals surface area (Å²) in [6.07, 6.45) is 2.90. The van der Waals surface area contributed by atoms with Crippen LogP contribution in [0.4, 0.5) is 0 Å². The van der Waals surface area contributed by atoms with Gasteiger partial charge in [-0.15, -0.1) is 0 Å². The molecular formula is C14H27N3OS. The predicted molar refractivity (Wildman–Crippen MR) is 83.0 cm³/mol. The van der Waals surface area contributed by atoms with Crippen molar-refractivity contribution in [1.29, 1.82) is 0 Å². The lowest BCUT2D eigenvalue weighted by Crippen LogP contribution is -2.23. The molecular weight excluding hydrogens is 258 g/mol. The van der Waals surface area contributed by atoms with Crippen molar-refractivity contribution in [3.63, 3.8) is 0 Å². The maximum atomic E-state index is 5.45. The van der Waals surface area contributed by atoms with Gasteiger partial charge in [0.15, 0.2) is 5.75 Å². The van der Waals surface area contributed by atoms with Gasteiger partial charge in [0.1, 0.15) is 0 Å². The zero-order valence-corrected chi connectivity index (χ0v) is 13.6. The van der Waals surface area contributed by atoms with E-state index >= 15 is 0 Å². The summed E-state index contributed by atoms with van der Waals surface area (Å²) in [5.74, 6) is 3.84. The molecule has 0 bridgehead atoms. The molecule has 0 aliphatic carbocycles. The summed E-state index contributed by atoms with van der Waals surface area (Å²) in [4.78, 5) is 0. The van der Waals surface area contributed by atoms with Crippen LogP contribution in [0, 0.1) is 5.92 Å². The number of nitrogens with one attached hydrogen (secondary N) is 1. The molecule has 0 radical (unpaired) electrons. The third kappa shape index (κ3) is 4.73. The number of rotatable bonds is 9. The van der Waals surface area contributed by atoms with Crippen molar-refractivity contribution < 1.29 is 4.74 Å². The Morgan fingerprint density at radius 3 is 2.68 bits per heavy atom. The van der Waals surface area contributed by atoms with Gasteiger partial charge in [0.05, 0.1) is 25.0 Å². The molecule has 19 heavy (non-hydrogen) atoms. The molecule has 0 spiro atoms. The highest BCUT2D eigenvalue weighted by atomic mass is 32.2. The first kappa shape index (κ1) is 16.4. The molecule has 0 saturated carbocycles. The van der Waals surface area contributed by atoms with Crippen molar-refractivity contribution in [1.82, 2.24) is 15.1 Å². The van der Waals surface area contributed by atoms with Crippen molar-refractivity contribution in [2.45, 2.75) is 39.8 Å². The number of hydrogen-bond donors (Lipinski definition) is 1.